The minimum absolute atomic E-state index is 0.846. The highest BCUT2D eigenvalue weighted by atomic mass is 35.5. The summed E-state index contributed by atoms with van der Waals surface area (Å²) in [7, 11) is 0. The molecule has 2 heterocycles. The average Bonchev–Trinajstić information content (AvgIpc) is 2.83. The molecule has 1 aromatic heterocycles. The second-order valence-electron chi connectivity index (χ2n) is 5.86. The van der Waals surface area contributed by atoms with Crippen LogP contribution in [-0.4, -0.2) is 31.1 Å². The SMILES string of the molecule is CCNCC1CCN(Cc2sc3ccccc3c2Cl)CC1. The number of hydrogen-bond acceptors (Lipinski definition) is 3. The zero-order valence-corrected chi connectivity index (χ0v) is 14.1. The summed E-state index contributed by atoms with van der Waals surface area (Å²) >= 11 is 8.39. The molecule has 114 valence electrons. The smallest absolute Gasteiger partial charge is 0.0637 e. The van der Waals surface area contributed by atoms with Crippen molar-refractivity contribution in [3.63, 3.8) is 0 Å². The Kier molecular flexibility index (Phi) is 5.17. The summed E-state index contributed by atoms with van der Waals surface area (Å²) in [6, 6.07) is 8.44. The van der Waals surface area contributed by atoms with Gasteiger partial charge >= 0.3 is 0 Å². The fourth-order valence-electron chi connectivity index (χ4n) is 3.07. The lowest BCUT2D eigenvalue weighted by Gasteiger charge is -2.31. The number of rotatable bonds is 5. The second kappa shape index (κ2) is 7.10. The molecule has 0 amide bonds. The van der Waals surface area contributed by atoms with Crippen molar-refractivity contribution >= 4 is 33.0 Å². The summed E-state index contributed by atoms with van der Waals surface area (Å²) in [5.74, 6) is 0.846. The summed E-state index contributed by atoms with van der Waals surface area (Å²) in [6.07, 6.45) is 2.60. The summed E-state index contributed by atoms with van der Waals surface area (Å²) < 4.78 is 1.31. The van der Waals surface area contributed by atoms with Crippen LogP contribution >= 0.6 is 22.9 Å². The van der Waals surface area contributed by atoms with E-state index in [9.17, 15) is 0 Å². The van der Waals surface area contributed by atoms with Crippen LogP contribution in [0.1, 0.15) is 24.6 Å². The van der Waals surface area contributed by atoms with E-state index in [1.54, 1.807) is 0 Å². The van der Waals surface area contributed by atoms with Crippen molar-refractivity contribution in [2.75, 3.05) is 26.2 Å². The van der Waals surface area contributed by atoms with Crippen molar-refractivity contribution in [1.82, 2.24) is 10.2 Å². The van der Waals surface area contributed by atoms with Gasteiger partial charge in [-0.3, -0.25) is 4.90 Å². The standard InChI is InChI=1S/C17H23ClN2S/c1-2-19-11-13-7-9-20(10-8-13)12-16-17(18)14-5-3-4-6-15(14)21-16/h3-6,13,19H,2,7-12H2,1H3. The minimum atomic E-state index is 0.846. The van der Waals surface area contributed by atoms with E-state index in [4.69, 9.17) is 11.6 Å². The molecular formula is C17H23ClN2S. The van der Waals surface area contributed by atoms with Crippen LogP contribution in [0.15, 0.2) is 24.3 Å². The monoisotopic (exact) mass is 322 g/mol. The van der Waals surface area contributed by atoms with Gasteiger partial charge in [-0.05, 0) is 51.0 Å². The molecule has 0 unspecified atom stereocenters. The van der Waals surface area contributed by atoms with Crippen LogP contribution in [0.5, 0.6) is 0 Å². The molecule has 0 bridgehead atoms. The molecule has 0 aliphatic carbocycles. The summed E-state index contributed by atoms with van der Waals surface area (Å²) in [5, 5.41) is 5.64. The topological polar surface area (TPSA) is 15.3 Å². The highest BCUT2D eigenvalue weighted by Crippen LogP contribution is 2.36. The maximum absolute atomic E-state index is 6.55. The quantitative estimate of drug-likeness (QED) is 0.879. The molecule has 2 nitrogen and oxygen atoms in total. The number of fused-ring (bicyclic) bond motifs is 1. The number of hydrogen-bond donors (Lipinski definition) is 1. The molecule has 1 N–H and O–H groups in total. The van der Waals surface area contributed by atoms with Crippen LogP contribution in [0, 0.1) is 5.92 Å². The summed E-state index contributed by atoms with van der Waals surface area (Å²) in [6.45, 7) is 7.83. The van der Waals surface area contributed by atoms with Crippen molar-refractivity contribution in [1.29, 1.82) is 0 Å². The predicted molar refractivity (Wildman–Crippen MR) is 93.4 cm³/mol. The highest BCUT2D eigenvalue weighted by Gasteiger charge is 2.20. The van der Waals surface area contributed by atoms with E-state index in [1.165, 1.54) is 47.4 Å². The molecule has 21 heavy (non-hydrogen) atoms. The minimum Gasteiger partial charge on any atom is -0.317 e. The molecule has 2 aromatic rings. The predicted octanol–water partition coefficient (Wildman–Crippen LogP) is 4.38. The van der Waals surface area contributed by atoms with Crippen LogP contribution in [0.3, 0.4) is 0 Å². The fraction of sp³-hybridized carbons (Fsp3) is 0.529. The molecule has 3 rings (SSSR count). The zero-order valence-electron chi connectivity index (χ0n) is 12.6. The lowest BCUT2D eigenvalue weighted by Crippen LogP contribution is -2.36. The maximum atomic E-state index is 6.55. The van der Waals surface area contributed by atoms with Crippen molar-refractivity contribution in [2.45, 2.75) is 26.3 Å². The zero-order chi connectivity index (χ0) is 14.7. The first-order chi connectivity index (χ1) is 10.3. The van der Waals surface area contributed by atoms with Crippen LogP contribution in [0.25, 0.3) is 10.1 Å². The van der Waals surface area contributed by atoms with Crippen molar-refractivity contribution in [3.8, 4) is 0 Å². The van der Waals surface area contributed by atoms with Gasteiger partial charge in [0.05, 0.1) is 5.02 Å². The molecular weight excluding hydrogens is 300 g/mol. The molecule has 1 aromatic carbocycles. The number of benzene rings is 1. The van der Waals surface area contributed by atoms with Gasteiger partial charge in [0.25, 0.3) is 0 Å². The maximum Gasteiger partial charge on any atom is 0.0637 e. The number of thiophene rings is 1. The van der Waals surface area contributed by atoms with Gasteiger partial charge in [0.2, 0.25) is 0 Å². The Hall–Kier alpha value is -0.610. The van der Waals surface area contributed by atoms with E-state index in [0.717, 1.165) is 24.0 Å². The summed E-state index contributed by atoms with van der Waals surface area (Å²) in [4.78, 5) is 3.88. The van der Waals surface area contributed by atoms with Crippen molar-refractivity contribution in [2.24, 2.45) is 5.92 Å². The largest absolute Gasteiger partial charge is 0.317 e. The van der Waals surface area contributed by atoms with E-state index in [2.05, 4.69) is 41.4 Å². The molecule has 0 atom stereocenters. The number of nitrogens with one attached hydrogen (secondary N) is 1. The third-order valence-corrected chi connectivity index (χ3v) is 6.06. The normalized spacial score (nSPS) is 17.6. The first kappa shape index (κ1) is 15.3. The van der Waals surface area contributed by atoms with E-state index >= 15 is 0 Å². The lowest BCUT2D eigenvalue weighted by atomic mass is 9.97. The molecule has 1 fully saturated rings. The Morgan fingerprint density at radius 3 is 2.76 bits per heavy atom. The van der Waals surface area contributed by atoms with E-state index in [1.807, 2.05) is 11.3 Å². The van der Waals surface area contributed by atoms with Gasteiger partial charge in [-0.2, -0.15) is 0 Å². The first-order valence-electron chi connectivity index (χ1n) is 7.87. The van der Waals surface area contributed by atoms with Gasteiger partial charge in [0.1, 0.15) is 0 Å². The van der Waals surface area contributed by atoms with Crippen LogP contribution in [0.4, 0.5) is 0 Å². The summed E-state index contributed by atoms with van der Waals surface area (Å²) in [5.41, 5.74) is 0. The number of likely N-dealkylation sites (tertiary alicyclic amines) is 1. The molecule has 0 spiro atoms. The number of piperidine rings is 1. The molecule has 0 saturated carbocycles. The third-order valence-electron chi connectivity index (χ3n) is 4.36. The van der Waals surface area contributed by atoms with Crippen LogP contribution < -0.4 is 5.32 Å². The van der Waals surface area contributed by atoms with Gasteiger partial charge in [-0.25, -0.2) is 0 Å². The Morgan fingerprint density at radius 2 is 2.05 bits per heavy atom. The van der Waals surface area contributed by atoms with Gasteiger partial charge in [0, 0.05) is 21.5 Å². The Morgan fingerprint density at radius 1 is 1.29 bits per heavy atom. The van der Waals surface area contributed by atoms with E-state index in [-0.39, 0.29) is 0 Å². The molecule has 1 saturated heterocycles. The number of halogens is 1. The fourth-order valence-corrected chi connectivity index (χ4v) is 4.60. The van der Waals surface area contributed by atoms with Gasteiger partial charge in [-0.15, -0.1) is 11.3 Å². The van der Waals surface area contributed by atoms with E-state index in [0.29, 0.717) is 0 Å². The Balaban J connectivity index is 1.60. The molecule has 1 aliphatic rings. The van der Waals surface area contributed by atoms with Gasteiger partial charge in [-0.1, -0.05) is 36.7 Å². The van der Waals surface area contributed by atoms with Crippen molar-refractivity contribution in [3.05, 3.63) is 34.2 Å². The Labute approximate surface area is 136 Å². The van der Waals surface area contributed by atoms with Crippen LogP contribution in [0.2, 0.25) is 5.02 Å². The van der Waals surface area contributed by atoms with Gasteiger partial charge < -0.3 is 5.32 Å². The number of nitrogens with zero attached hydrogens (tertiary/aromatic N) is 1. The second-order valence-corrected chi connectivity index (χ2v) is 7.38. The Bertz CT molecular complexity index is 587. The highest BCUT2D eigenvalue weighted by molar-refractivity contribution is 7.19. The van der Waals surface area contributed by atoms with Crippen LogP contribution in [-0.2, 0) is 6.54 Å². The average molecular weight is 323 g/mol. The third kappa shape index (κ3) is 3.59. The molecule has 4 heteroatoms. The van der Waals surface area contributed by atoms with Gasteiger partial charge in [0.15, 0.2) is 0 Å². The van der Waals surface area contributed by atoms with Crippen molar-refractivity contribution < 1.29 is 0 Å². The molecule has 0 radical (unpaired) electrons. The molecule has 1 aliphatic heterocycles. The lowest BCUT2D eigenvalue weighted by molar-refractivity contribution is 0.177. The van der Waals surface area contributed by atoms with E-state index < -0.39 is 0 Å². The first-order valence-corrected chi connectivity index (χ1v) is 9.06.